The van der Waals surface area contributed by atoms with E-state index in [2.05, 4.69) is 20.3 Å². The van der Waals surface area contributed by atoms with Crippen LogP contribution in [0, 0.1) is 0 Å². The van der Waals surface area contributed by atoms with E-state index in [1.54, 1.807) is 35.0 Å². The van der Waals surface area contributed by atoms with Crippen molar-refractivity contribution in [3.8, 4) is 5.88 Å². The second-order valence-electron chi connectivity index (χ2n) is 5.90. The molecule has 0 atom stereocenters. The van der Waals surface area contributed by atoms with E-state index in [-0.39, 0.29) is 11.8 Å². The number of benzene rings is 1. The minimum Gasteiger partial charge on any atom is -0.494 e. The second kappa shape index (κ2) is 4.44. The highest BCUT2D eigenvalue weighted by Crippen LogP contribution is 2.36. The number of aromatic hydroxyl groups is 1. The number of aromatic amines is 1. The zero-order valence-electron chi connectivity index (χ0n) is 13.0. The lowest BCUT2D eigenvalue weighted by molar-refractivity contribution is -0.114. The molecule has 0 aliphatic carbocycles. The van der Waals surface area contributed by atoms with E-state index >= 15 is 0 Å². The summed E-state index contributed by atoms with van der Waals surface area (Å²) in [6, 6.07) is 5.31. The van der Waals surface area contributed by atoms with Crippen LogP contribution in [-0.2, 0) is 4.79 Å². The second-order valence-corrected chi connectivity index (χ2v) is 5.90. The van der Waals surface area contributed by atoms with Crippen molar-refractivity contribution in [3.63, 3.8) is 0 Å². The molecule has 5 aromatic rings. The molecule has 4 aromatic heterocycles. The van der Waals surface area contributed by atoms with Gasteiger partial charge in [0.15, 0.2) is 5.65 Å². The van der Waals surface area contributed by atoms with Crippen LogP contribution in [0.3, 0.4) is 0 Å². The number of imidazole rings is 1. The van der Waals surface area contributed by atoms with Gasteiger partial charge < -0.3 is 10.4 Å². The summed E-state index contributed by atoms with van der Waals surface area (Å²) in [4.78, 5) is 35.1. The molecule has 0 unspecified atom stereocenters. The third kappa shape index (κ3) is 1.70. The maximum absolute atomic E-state index is 12.4. The number of anilines is 1. The van der Waals surface area contributed by atoms with Gasteiger partial charge in [0.1, 0.15) is 5.65 Å². The number of hydrogen-bond donors (Lipinski definition) is 3. The van der Waals surface area contributed by atoms with Crippen molar-refractivity contribution in [3.05, 3.63) is 40.9 Å². The topological polar surface area (TPSA) is 112 Å². The molecule has 1 amide bonds. The predicted octanol–water partition coefficient (Wildman–Crippen LogP) is 1.98. The van der Waals surface area contributed by atoms with Gasteiger partial charge in [0.2, 0.25) is 11.8 Å². The van der Waals surface area contributed by atoms with Crippen LogP contribution in [0.1, 0.15) is 6.92 Å². The highest BCUT2D eigenvalue weighted by Gasteiger charge is 2.21. The summed E-state index contributed by atoms with van der Waals surface area (Å²) in [6.07, 6.45) is 3.32. The Hall–Kier alpha value is -3.68. The number of nitrogens with zero attached hydrogens (tertiary/aromatic N) is 3. The van der Waals surface area contributed by atoms with E-state index < -0.39 is 5.56 Å². The molecule has 0 aliphatic rings. The Morgan fingerprint density at radius 3 is 2.88 bits per heavy atom. The van der Waals surface area contributed by atoms with E-state index in [9.17, 15) is 14.7 Å². The lowest BCUT2D eigenvalue weighted by Gasteiger charge is -2.02. The quantitative estimate of drug-likeness (QED) is 0.434. The lowest BCUT2D eigenvalue weighted by Crippen LogP contribution is -2.05. The van der Waals surface area contributed by atoms with Crippen molar-refractivity contribution < 1.29 is 9.90 Å². The van der Waals surface area contributed by atoms with Crippen LogP contribution in [0.15, 0.2) is 35.4 Å². The summed E-state index contributed by atoms with van der Waals surface area (Å²) in [6.45, 7) is 1.43. The van der Waals surface area contributed by atoms with Crippen molar-refractivity contribution in [2.24, 2.45) is 0 Å². The average molecular weight is 333 g/mol. The summed E-state index contributed by atoms with van der Waals surface area (Å²) in [5.74, 6) is -0.403. The smallest absolute Gasteiger partial charge is 0.259 e. The predicted molar refractivity (Wildman–Crippen MR) is 93.3 cm³/mol. The molecule has 0 fully saturated rings. The van der Waals surface area contributed by atoms with Crippen molar-refractivity contribution >= 4 is 50.0 Å². The van der Waals surface area contributed by atoms with Crippen molar-refractivity contribution in [2.75, 3.05) is 5.32 Å². The monoisotopic (exact) mass is 333 g/mol. The van der Waals surface area contributed by atoms with Crippen LogP contribution in [0.4, 0.5) is 5.69 Å². The molecular weight excluding hydrogens is 322 g/mol. The first-order valence-corrected chi connectivity index (χ1v) is 7.59. The van der Waals surface area contributed by atoms with Gasteiger partial charge in [-0.2, -0.15) is 0 Å². The number of nitrogens with one attached hydrogen (secondary N) is 2. The van der Waals surface area contributed by atoms with Crippen LogP contribution in [-0.4, -0.2) is 30.4 Å². The molecule has 0 radical (unpaired) electrons. The Balaban J connectivity index is 2.07. The van der Waals surface area contributed by atoms with Crippen LogP contribution >= 0.6 is 0 Å². The van der Waals surface area contributed by atoms with Crippen LogP contribution in [0.5, 0.6) is 5.88 Å². The fourth-order valence-corrected chi connectivity index (χ4v) is 3.41. The van der Waals surface area contributed by atoms with Crippen molar-refractivity contribution in [2.45, 2.75) is 6.92 Å². The average Bonchev–Trinajstić information content (AvgIpc) is 3.22. The number of H-pyrrole nitrogens is 1. The Bertz CT molecular complexity index is 1380. The fourth-order valence-electron chi connectivity index (χ4n) is 3.41. The van der Waals surface area contributed by atoms with Crippen molar-refractivity contribution in [1.29, 1.82) is 0 Å². The Labute approximate surface area is 139 Å². The summed E-state index contributed by atoms with van der Waals surface area (Å²) < 4.78 is 1.74. The molecule has 0 spiro atoms. The number of fused-ring (bicyclic) bond motifs is 8. The highest BCUT2D eigenvalue weighted by atomic mass is 16.3. The fraction of sp³-hybridized carbons (Fsp3) is 0.0588. The van der Waals surface area contributed by atoms with E-state index in [0.29, 0.717) is 38.7 Å². The molecule has 0 aliphatic heterocycles. The molecule has 25 heavy (non-hydrogen) atoms. The van der Waals surface area contributed by atoms with E-state index in [0.717, 1.165) is 5.39 Å². The van der Waals surface area contributed by atoms with E-state index in [4.69, 9.17) is 0 Å². The number of amides is 1. The van der Waals surface area contributed by atoms with E-state index in [1.165, 1.54) is 6.92 Å². The number of rotatable bonds is 1. The van der Waals surface area contributed by atoms with Gasteiger partial charge in [-0.25, -0.2) is 9.97 Å². The summed E-state index contributed by atoms with van der Waals surface area (Å²) in [5, 5.41) is 14.9. The number of aromatic nitrogens is 4. The van der Waals surface area contributed by atoms with Crippen LogP contribution in [0.25, 0.3) is 38.4 Å². The first-order chi connectivity index (χ1) is 12.0. The molecule has 5 rings (SSSR count). The molecule has 8 heteroatoms. The summed E-state index contributed by atoms with van der Waals surface area (Å²) in [5.41, 5.74) is 1.93. The Kier molecular flexibility index (Phi) is 2.44. The summed E-state index contributed by atoms with van der Waals surface area (Å²) >= 11 is 0. The normalized spacial score (nSPS) is 11.9. The molecular formula is C17H11N5O3. The van der Waals surface area contributed by atoms with Gasteiger partial charge in [0, 0.05) is 35.8 Å². The third-order valence-corrected chi connectivity index (χ3v) is 4.32. The SMILES string of the molecule is CC(=O)Nc1ccc2nc3c(c2c1)c1c(=O)[nH]c(O)c1c1nccn13. The van der Waals surface area contributed by atoms with Gasteiger partial charge in [-0.1, -0.05) is 0 Å². The highest BCUT2D eigenvalue weighted by molar-refractivity contribution is 6.23. The maximum Gasteiger partial charge on any atom is 0.259 e. The molecule has 0 saturated heterocycles. The van der Waals surface area contributed by atoms with Gasteiger partial charge in [0.05, 0.1) is 16.3 Å². The van der Waals surface area contributed by atoms with E-state index in [1.807, 2.05) is 0 Å². The molecule has 122 valence electrons. The Morgan fingerprint density at radius 1 is 1.24 bits per heavy atom. The molecule has 0 saturated carbocycles. The van der Waals surface area contributed by atoms with Gasteiger partial charge in [-0.05, 0) is 18.2 Å². The van der Waals surface area contributed by atoms with Gasteiger partial charge in [-0.3, -0.25) is 19.0 Å². The lowest BCUT2D eigenvalue weighted by atomic mass is 10.1. The molecule has 4 heterocycles. The minimum absolute atomic E-state index is 0.186. The zero-order chi connectivity index (χ0) is 17.3. The summed E-state index contributed by atoms with van der Waals surface area (Å²) in [7, 11) is 0. The third-order valence-electron chi connectivity index (χ3n) is 4.32. The maximum atomic E-state index is 12.4. The minimum atomic E-state index is -0.401. The first-order valence-electron chi connectivity index (χ1n) is 7.59. The zero-order valence-corrected chi connectivity index (χ0v) is 13.0. The number of carbonyl (C=O) groups is 1. The Morgan fingerprint density at radius 2 is 2.08 bits per heavy atom. The van der Waals surface area contributed by atoms with Gasteiger partial charge in [-0.15, -0.1) is 0 Å². The van der Waals surface area contributed by atoms with Crippen molar-refractivity contribution in [1.82, 2.24) is 19.4 Å². The molecule has 8 nitrogen and oxygen atoms in total. The number of pyridine rings is 1. The molecule has 1 aromatic carbocycles. The standard InChI is InChI=1S/C17H11N5O3/c1-7(23)19-8-2-3-10-9(6-8)11-12-13(17(25)21-16(12)24)14-18-4-5-22(14)15(11)20-10/h2-6,25H,1H3,(H,19,23)(H,21,24). The van der Waals surface area contributed by atoms with Gasteiger partial charge >= 0.3 is 0 Å². The van der Waals surface area contributed by atoms with Crippen LogP contribution < -0.4 is 10.9 Å². The number of carbonyl (C=O) groups excluding carboxylic acids is 1. The number of hydrogen-bond acceptors (Lipinski definition) is 5. The molecule has 0 bridgehead atoms. The first kappa shape index (κ1) is 13.7. The van der Waals surface area contributed by atoms with Gasteiger partial charge in [0.25, 0.3) is 5.56 Å². The van der Waals surface area contributed by atoms with Crippen LogP contribution in [0.2, 0.25) is 0 Å². The largest absolute Gasteiger partial charge is 0.494 e. The molecule has 3 N–H and O–H groups in total.